The van der Waals surface area contributed by atoms with Gasteiger partial charge in [-0.3, -0.25) is 4.79 Å². The van der Waals surface area contributed by atoms with Gasteiger partial charge in [-0.2, -0.15) is 0 Å². The highest BCUT2D eigenvalue weighted by Gasteiger charge is 2.15. The average Bonchev–Trinajstić information content (AvgIpc) is 1.63. The number of alkyl halides is 3. The summed E-state index contributed by atoms with van der Waals surface area (Å²) in [5.74, 6) is -0.499. The van der Waals surface area contributed by atoms with E-state index in [2.05, 4.69) is 4.74 Å². The molecule has 9 heavy (non-hydrogen) atoms. The Morgan fingerprint density at radius 3 is 2.00 bits per heavy atom. The minimum absolute atomic E-state index is 0.499. The third-order valence-corrected chi connectivity index (χ3v) is 1.53. The number of hydrogen-bond donors (Lipinski definition) is 0. The van der Waals surface area contributed by atoms with E-state index in [9.17, 15) is 4.79 Å². The number of esters is 1. The molecule has 0 rings (SSSR count). The second-order valence-corrected chi connectivity index (χ2v) is 2.89. The third-order valence-electron chi connectivity index (χ3n) is 0.477. The molecular weight excluding hydrogens is 186 g/mol. The SMILES string of the molecule is CC(=O)OC(Cl)C(Cl)Cl. The lowest BCUT2D eigenvalue weighted by molar-refractivity contribution is -0.142. The predicted molar refractivity (Wildman–Crippen MR) is 36.9 cm³/mol. The van der Waals surface area contributed by atoms with Crippen LogP contribution in [0, 0.1) is 0 Å². The van der Waals surface area contributed by atoms with Crippen LogP contribution in [0.1, 0.15) is 6.92 Å². The summed E-state index contributed by atoms with van der Waals surface area (Å²) in [4.78, 5) is 9.26. The monoisotopic (exact) mass is 190 g/mol. The molecule has 0 bridgehead atoms. The number of ether oxygens (including phenoxy) is 1. The molecular formula is C4H5Cl3O2. The summed E-state index contributed by atoms with van der Waals surface area (Å²) in [5, 5.41) is 0. The smallest absolute Gasteiger partial charge is 0.304 e. The van der Waals surface area contributed by atoms with E-state index in [-0.39, 0.29) is 0 Å². The highest BCUT2D eigenvalue weighted by molar-refractivity contribution is 6.48. The molecule has 0 aliphatic rings. The van der Waals surface area contributed by atoms with E-state index in [0.29, 0.717) is 0 Å². The Kier molecular flexibility index (Phi) is 4.36. The molecule has 1 atom stereocenters. The zero-order valence-corrected chi connectivity index (χ0v) is 6.87. The summed E-state index contributed by atoms with van der Waals surface area (Å²) >= 11 is 15.8. The van der Waals surface area contributed by atoms with Gasteiger partial charge in [0.25, 0.3) is 0 Å². The predicted octanol–water partition coefficient (Wildman–Crippen LogP) is 1.92. The Hall–Kier alpha value is 0.340. The van der Waals surface area contributed by atoms with Gasteiger partial charge >= 0.3 is 5.97 Å². The van der Waals surface area contributed by atoms with Crippen molar-refractivity contribution in [3.63, 3.8) is 0 Å². The molecule has 54 valence electrons. The lowest BCUT2D eigenvalue weighted by Crippen LogP contribution is -2.16. The fourth-order valence-corrected chi connectivity index (χ4v) is 0.438. The van der Waals surface area contributed by atoms with Crippen molar-refractivity contribution in [1.82, 2.24) is 0 Å². The number of carbonyl (C=O) groups excluding carboxylic acids is 1. The van der Waals surface area contributed by atoms with Crippen LogP contribution < -0.4 is 0 Å². The molecule has 0 aromatic carbocycles. The molecule has 0 heterocycles. The third kappa shape index (κ3) is 4.82. The fourth-order valence-electron chi connectivity index (χ4n) is 0.210. The van der Waals surface area contributed by atoms with E-state index < -0.39 is 16.4 Å². The number of carbonyl (C=O) groups is 1. The first-order valence-electron chi connectivity index (χ1n) is 2.13. The Morgan fingerprint density at radius 2 is 1.89 bits per heavy atom. The second-order valence-electron chi connectivity index (χ2n) is 1.30. The summed E-state index contributed by atoms with van der Waals surface area (Å²) < 4.78 is 4.37. The minimum atomic E-state index is -0.953. The van der Waals surface area contributed by atoms with Crippen molar-refractivity contribution in [2.45, 2.75) is 17.3 Å². The van der Waals surface area contributed by atoms with Crippen LogP contribution in [0.25, 0.3) is 0 Å². The second kappa shape index (κ2) is 4.20. The van der Waals surface area contributed by atoms with Crippen molar-refractivity contribution in [1.29, 1.82) is 0 Å². The van der Waals surface area contributed by atoms with Crippen LogP contribution in [0.15, 0.2) is 0 Å². The van der Waals surface area contributed by atoms with E-state index in [1.165, 1.54) is 6.92 Å². The first-order valence-corrected chi connectivity index (χ1v) is 3.44. The molecule has 0 N–H and O–H groups in total. The number of hydrogen-bond acceptors (Lipinski definition) is 2. The Bertz CT molecular complexity index is 104. The van der Waals surface area contributed by atoms with Crippen LogP contribution >= 0.6 is 34.8 Å². The molecule has 0 saturated heterocycles. The van der Waals surface area contributed by atoms with E-state index in [4.69, 9.17) is 34.8 Å². The van der Waals surface area contributed by atoms with Gasteiger partial charge in [-0.05, 0) is 0 Å². The molecule has 0 aromatic rings. The van der Waals surface area contributed by atoms with Crippen LogP contribution in [0.2, 0.25) is 0 Å². The van der Waals surface area contributed by atoms with Crippen LogP contribution in [0.3, 0.4) is 0 Å². The molecule has 0 aliphatic heterocycles. The van der Waals surface area contributed by atoms with Crippen LogP contribution in [-0.2, 0) is 9.53 Å². The van der Waals surface area contributed by atoms with Gasteiger partial charge in [0.05, 0.1) is 0 Å². The van der Waals surface area contributed by atoms with Crippen molar-refractivity contribution >= 4 is 40.8 Å². The molecule has 0 saturated carbocycles. The Balaban J connectivity index is 3.50. The maximum absolute atomic E-state index is 10.1. The van der Waals surface area contributed by atoms with Crippen LogP contribution in [0.5, 0.6) is 0 Å². The molecule has 0 amide bonds. The van der Waals surface area contributed by atoms with E-state index in [1.807, 2.05) is 0 Å². The van der Waals surface area contributed by atoms with E-state index >= 15 is 0 Å². The largest absolute Gasteiger partial charge is 0.443 e. The molecule has 5 heteroatoms. The van der Waals surface area contributed by atoms with Gasteiger partial charge in [0.2, 0.25) is 5.56 Å². The highest BCUT2D eigenvalue weighted by Crippen LogP contribution is 2.14. The molecule has 0 aromatic heterocycles. The normalized spacial score (nSPS) is 13.4. The Morgan fingerprint density at radius 1 is 1.44 bits per heavy atom. The quantitative estimate of drug-likeness (QED) is 0.492. The van der Waals surface area contributed by atoms with Crippen LogP contribution in [-0.4, -0.2) is 16.4 Å². The summed E-state index contributed by atoms with van der Waals surface area (Å²) in [6.45, 7) is 1.23. The minimum Gasteiger partial charge on any atom is -0.443 e. The molecule has 0 fully saturated rings. The average molecular weight is 191 g/mol. The first kappa shape index (κ1) is 9.34. The van der Waals surface area contributed by atoms with Gasteiger partial charge in [0, 0.05) is 6.92 Å². The van der Waals surface area contributed by atoms with Crippen molar-refractivity contribution in [3.05, 3.63) is 0 Å². The number of halogens is 3. The van der Waals surface area contributed by atoms with Crippen molar-refractivity contribution < 1.29 is 9.53 Å². The fraction of sp³-hybridized carbons (Fsp3) is 0.750. The molecule has 1 unspecified atom stereocenters. The number of rotatable bonds is 2. The maximum Gasteiger partial charge on any atom is 0.304 e. The van der Waals surface area contributed by atoms with Gasteiger partial charge in [-0.15, -0.1) is 0 Å². The standard InChI is InChI=1S/C4H5Cl3O2/c1-2(8)9-4(7)3(5)6/h3-4H,1H3. The van der Waals surface area contributed by atoms with Crippen LogP contribution in [0.4, 0.5) is 0 Å². The molecule has 2 nitrogen and oxygen atoms in total. The lowest BCUT2D eigenvalue weighted by atomic mass is 10.7. The summed E-state index contributed by atoms with van der Waals surface area (Å²) in [7, 11) is 0. The topological polar surface area (TPSA) is 26.3 Å². The molecule has 0 aliphatic carbocycles. The van der Waals surface area contributed by atoms with E-state index in [0.717, 1.165) is 0 Å². The van der Waals surface area contributed by atoms with Gasteiger partial charge in [0.15, 0.2) is 4.84 Å². The summed E-state index contributed by atoms with van der Waals surface area (Å²) in [6, 6.07) is 0. The van der Waals surface area contributed by atoms with Gasteiger partial charge in [-0.25, -0.2) is 0 Å². The van der Waals surface area contributed by atoms with Crippen molar-refractivity contribution in [2.75, 3.05) is 0 Å². The van der Waals surface area contributed by atoms with Gasteiger partial charge < -0.3 is 4.74 Å². The van der Waals surface area contributed by atoms with Crippen molar-refractivity contribution in [2.24, 2.45) is 0 Å². The summed E-state index contributed by atoms with van der Waals surface area (Å²) in [6.07, 6.45) is 0. The molecule has 0 radical (unpaired) electrons. The van der Waals surface area contributed by atoms with Gasteiger partial charge in [-0.1, -0.05) is 34.8 Å². The zero-order valence-electron chi connectivity index (χ0n) is 4.61. The van der Waals surface area contributed by atoms with Crippen molar-refractivity contribution in [3.8, 4) is 0 Å². The first-order chi connectivity index (χ1) is 4.04. The zero-order chi connectivity index (χ0) is 7.44. The highest BCUT2D eigenvalue weighted by atomic mass is 35.5. The lowest BCUT2D eigenvalue weighted by Gasteiger charge is -2.08. The van der Waals surface area contributed by atoms with Gasteiger partial charge in [0.1, 0.15) is 0 Å². The summed E-state index contributed by atoms with van der Waals surface area (Å²) in [5.41, 5.74) is -0.953. The Labute approximate surface area is 68.0 Å². The van der Waals surface area contributed by atoms with E-state index in [1.54, 1.807) is 0 Å². The molecule has 0 spiro atoms. The maximum atomic E-state index is 10.1.